The van der Waals surface area contributed by atoms with Gasteiger partial charge in [0.05, 0.1) is 4.92 Å². The Hall–Kier alpha value is -4.00. The third-order valence-electron chi connectivity index (χ3n) is 4.55. The molecule has 3 aromatic rings. The molecule has 152 valence electrons. The van der Waals surface area contributed by atoms with Crippen LogP contribution in [0.15, 0.2) is 66.7 Å². The number of aryl methyl sites for hydroxylation is 2. The zero-order valence-corrected chi connectivity index (χ0v) is 16.5. The molecule has 7 heteroatoms. The van der Waals surface area contributed by atoms with E-state index in [-0.39, 0.29) is 17.0 Å². The average Bonchev–Trinajstić information content (AvgIpc) is 2.75. The van der Waals surface area contributed by atoms with Crippen molar-refractivity contribution in [2.75, 3.05) is 5.32 Å². The summed E-state index contributed by atoms with van der Waals surface area (Å²) in [5.74, 6) is -0.570. The van der Waals surface area contributed by atoms with Crippen LogP contribution in [-0.2, 0) is 4.79 Å². The van der Waals surface area contributed by atoms with Crippen molar-refractivity contribution >= 4 is 23.6 Å². The zero-order valence-electron chi connectivity index (χ0n) is 16.5. The number of nitrogens with zero attached hydrogens (tertiary/aromatic N) is 1. The van der Waals surface area contributed by atoms with Crippen molar-refractivity contribution in [3.8, 4) is 5.75 Å². The first-order valence-corrected chi connectivity index (χ1v) is 9.22. The molecular formula is C23H20N2O5. The molecule has 0 aliphatic heterocycles. The Kier molecular flexibility index (Phi) is 6.22. The van der Waals surface area contributed by atoms with Gasteiger partial charge in [-0.3, -0.25) is 19.7 Å². The normalized spacial score (nSPS) is 11.4. The third kappa shape index (κ3) is 4.70. The van der Waals surface area contributed by atoms with Gasteiger partial charge in [-0.15, -0.1) is 0 Å². The highest BCUT2D eigenvalue weighted by molar-refractivity contribution is 5.96. The van der Waals surface area contributed by atoms with E-state index in [0.29, 0.717) is 17.5 Å². The SMILES string of the molecule is Cc1ccc(C)c(NC(=O)[C@@H](Oc2ccc(C=O)cc2[N+](=O)[O-])c2ccccc2)c1. The molecule has 30 heavy (non-hydrogen) atoms. The van der Waals surface area contributed by atoms with Crippen molar-refractivity contribution < 1.29 is 19.2 Å². The molecule has 3 rings (SSSR count). The fourth-order valence-electron chi connectivity index (χ4n) is 2.95. The van der Waals surface area contributed by atoms with E-state index in [4.69, 9.17) is 4.74 Å². The van der Waals surface area contributed by atoms with Gasteiger partial charge in [-0.25, -0.2) is 0 Å². The maximum atomic E-state index is 13.1. The van der Waals surface area contributed by atoms with Crippen molar-refractivity contribution in [1.82, 2.24) is 0 Å². The van der Waals surface area contributed by atoms with Crippen LogP contribution >= 0.6 is 0 Å². The molecule has 0 radical (unpaired) electrons. The van der Waals surface area contributed by atoms with Gasteiger partial charge in [-0.1, -0.05) is 42.5 Å². The standard InChI is InChI=1S/C23H20N2O5/c1-15-8-9-16(2)19(12-15)24-23(27)22(18-6-4-3-5-7-18)30-21-11-10-17(14-26)13-20(21)25(28)29/h3-14,22H,1-2H3,(H,24,27)/t22-/m0/s1. The van der Waals surface area contributed by atoms with Crippen molar-refractivity contribution in [2.24, 2.45) is 0 Å². The predicted octanol–water partition coefficient (Wildman–Crippen LogP) is 4.78. The lowest BCUT2D eigenvalue weighted by Gasteiger charge is -2.20. The average molecular weight is 404 g/mol. The second-order valence-electron chi connectivity index (χ2n) is 6.82. The van der Waals surface area contributed by atoms with Crippen LogP contribution < -0.4 is 10.1 Å². The zero-order chi connectivity index (χ0) is 21.7. The minimum Gasteiger partial charge on any atom is -0.469 e. The molecule has 0 saturated carbocycles. The van der Waals surface area contributed by atoms with Gasteiger partial charge in [0.2, 0.25) is 6.10 Å². The molecule has 0 fully saturated rings. The van der Waals surface area contributed by atoms with E-state index in [1.54, 1.807) is 30.3 Å². The van der Waals surface area contributed by atoms with Crippen LogP contribution in [0.2, 0.25) is 0 Å². The Labute approximate surface area is 173 Å². The molecule has 7 nitrogen and oxygen atoms in total. The van der Waals surface area contributed by atoms with Crippen molar-refractivity contribution in [3.63, 3.8) is 0 Å². The number of benzene rings is 3. The van der Waals surface area contributed by atoms with E-state index >= 15 is 0 Å². The second-order valence-corrected chi connectivity index (χ2v) is 6.82. The summed E-state index contributed by atoms with van der Waals surface area (Å²) in [6, 6.07) is 18.2. The fraction of sp³-hybridized carbons (Fsp3) is 0.130. The Morgan fingerprint density at radius 1 is 1.07 bits per heavy atom. The molecule has 1 amide bonds. The molecule has 0 heterocycles. The molecule has 0 bridgehead atoms. The number of nitro groups is 1. The highest BCUT2D eigenvalue weighted by Gasteiger charge is 2.27. The number of ether oxygens (including phenoxy) is 1. The van der Waals surface area contributed by atoms with Gasteiger partial charge >= 0.3 is 5.69 Å². The van der Waals surface area contributed by atoms with E-state index in [0.717, 1.165) is 17.2 Å². The lowest BCUT2D eigenvalue weighted by Crippen LogP contribution is -2.26. The number of hydrogen-bond donors (Lipinski definition) is 1. The maximum Gasteiger partial charge on any atom is 0.311 e. The number of nitrogens with one attached hydrogen (secondary N) is 1. The number of anilines is 1. The Bertz CT molecular complexity index is 1100. The number of aldehydes is 1. The monoisotopic (exact) mass is 404 g/mol. The molecule has 1 atom stereocenters. The first-order chi connectivity index (χ1) is 14.4. The maximum absolute atomic E-state index is 13.1. The van der Waals surface area contributed by atoms with Gasteiger partial charge in [0, 0.05) is 22.9 Å². The van der Waals surface area contributed by atoms with Gasteiger partial charge in [-0.05, 0) is 43.2 Å². The molecule has 0 spiro atoms. The van der Waals surface area contributed by atoms with E-state index in [1.807, 2.05) is 32.0 Å². The summed E-state index contributed by atoms with van der Waals surface area (Å²) < 4.78 is 5.83. The van der Waals surface area contributed by atoms with Crippen molar-refractivity contribution in [2.45, 2.75) is 20.0 Å². The van der Waals surface area contributed by atoms with Gasteiger partial charge in [0.25, 0.3) is 5.91 Å². The summed E-state index contributed by atoms with van der Waals surface area (Å²) in [5, 5.41) is 14.3. The number of nitro benzene ring substituents is 1. The number of amides is 1. The first kappa shape index (κ1) is 20.7. The summed E-state index contributed by atoms with van der Waals surface area (Å²) in [4.78, 5) is 34.9. The van der Waals surface area contributed by atoms with Crippen LogP contribution in [0.4, 0.5) is 11.4 Å². The van der Waals surface area contributed by atoms with Gasteiger partial charge in [-0.2, -0.15) is 0 Å². The largest absolute Gasteiger partial charge is 0.469 e. The van der Waals surface area contributed by atoms with E-state index in [9.17, 15) is 19.7 Å². The number of carbonyl (C=O) groups is 2. The summed E-state index contributed by atoms with van der Waals surface area (Å²) in [5.41, 5.74) is 2.78. The lowest BCUT2D eigenvalue weighted by molar-refractivity contribution is -0.386. The highest BCUT2D eigenvalue weighted by Crippen LogP contribution is 2.32. The van der Waals surface area contributed by atoms with E-state index < -0.39 is 16.9 Å². The molecule has 3 aromatic carbocycles. The van der Waals surface area contributed by atoms with Gasteiger partial charge in [0.1, 0.15) is 6.29 Å². The number of hydrogen-bond acceptors (Lipinski definition) is 5. The van der Waals surface area contributed by atoms with Crippen LogP contribution in [0.25, 0.3) is 0 Å². The van der Waals surface area contributed by atoms with Crippen LogP contribution in [0.1, 0.15) is 33.2 Å². The van der Waals surface area contributed by atoms with Crippen LogP contribution in [0, 0.1) is 24.0 Å². The molecule has 0 aliphatic rings. The Balaban J connectivity index is 1.98. The number of carbonyl (C=O) groups excluding carboxylic acids is 2. The van der Waals surface area contributed by atoms with Crippen molar-refractivity contribution in [1.29, 1.82) is 0 Å². The summed E-state index contributed by atoms with van der Waals surface area (Å²) in [6.45, 7) is 3.79. The van der Waals surface area contributed by atoms with Gasteiger partial charge in [0.15, 0.2) is 5.75 Å². The highest BCUT2D eigenvalue weighted by atomic mass is 16.6. The van der Waals surface area contributed by atoms with E-state index in [2.05, 4.69) is 5.32 Å². The van der Waals surface area contributed by atoms with E-state index in [1.165, 1.54) is 12.1 Å². The first-order valence-electron chi connectivity index (χ1n) is 9.22. The Morgan fingerprint density at radius 2 is 1.80 bits per heavy atom. The lowest BCUT2D eigenvalue weighted by atomic mass is 10.1. The summed E-state index contributed by atoms with van der Waals surface area (Å²) in [6.07, 6.45) is -0.620. The number of rotatable bonds is 7. The van der Waals surface area contributed by atoms with Crippen LogP contribution in [0.3, 0.4) is 0 Å². The quantitative estimate of drug-likeness (QED) is 0.347. The summed E-state index contributed by atoms with van der Waals surface area (Å²) in [7, 11) is 0. The summed E-state index contributed by atoms with van der Waals surface area (Å²) >= 11 is 0. The van der Waals surface area contributed by atoms with Crippen molar-refractivity contribution in [3.05, 3.63) is 99.1 Å². The molecule has 1 N–H and O–H groups in total. The Morgan fingerprint density at radius 3 is 2.47 bits per heavy atom. The van der Waals surface area contributed by atoms with Crippen LogP contribution in [-0.4, -0.2) is 17.1 Å². The molecule has 0 unspecified atom stereocenters. The smallest absolute Gasteiger partial charge is 0.311 e. The molecule has 0 aliphatic carbocycles. The molecule has 0 saturated heterocycles. The minimum absolute atomic E-state index is 0.101. The molecular weight excluding hydrogens is 384 g/mol. The minimum atomic E-state index is -1.13. The second kappa shape index (κ2) is 9.00. The van der Waals surface area contributed by atoms with Gasteiger partial charge < -0.3 is 10.1 Å². The fourth-order valence-corrected chi connectivity index (χ4v) is 2.95. The van der Waals surface area contributed by atoms with Crippen LogP contribution in [0.5, 0.6) is 5.75 Å². The third-order valence-corrected chi connectivity index (χ3v) is 4.55. The topological polar surface area (TPSA) is 98.5 Å². The predicted molar refractivity (Wildman–Crippen MR) is 113 cm³/mol. The molecule has 0 aromatic heterocycles.